The van der Waals surface area contributed by atoms with Crippen molar-refractivity contribution in [1.82, 2.24) is 20.4 Å². The molecule has 0 aliphatic heterocycles. The van der Waals surface area contributed by atoms with E-state index in [2.05, 4.69) is 20.4 Å². The van der Waals surface area contributed by atoms with Gasteiger partial charge in [0.05, 0.1) is 23.8 Å². The van der Waals surface area contributed by atoms with Gasteiger partial charge in [-0.3, -0.25) is 4.98 Å². The summed E-state index contributed by atoms with van der Waals surface area (Å²) in [6, 6.07) is 5.74. The highest BCUT2D eigenvalue weighted by molar-refractivity contribution is 5.93. The van der Waals surface area contributed by atoms with E-state index in [-0.39, 0.29) is 5.52 Å². The van der Waals surface area contributed by atoms with Crippen LogP contribution >= 0.6 is 0 Å². The van der Waals surface area contributed by atoms with Crippen molar-refractivity contribution < 1.29 is 13.2 Å². The molecular weight excluding hydrogens is 295 g/mol. The molecule has 0 radical (unpaired) electrons. The average molecular weight is 307 g/mol. The lowest BCUT2D eigenvalue weighted by Crippen LogP contribution is -2.17. The predicted octanol–water partition coefficient (Wildman–Crippen LogP) is 3.01. The molecule has 0 fully saturated rings. The summed E-state index contributed by atoms with van der Waals surface area (Å²) < 4.78 is 39.2. The molecule has 0 atom stereocenters. The van der Waals surface area contributed by atoms with Gasteiger partial charge < -0.3 is 4.90 Å². The average Bonchev–Trinajstić information content (AvgIpc) is 2.97. The topological polar surface area (TPSA) is 57.7 Å². The van der Waals surface area contributed by atoms with E-state index in [9.17, 15) is 13.2 Å². The Morgan fingerprint density at radius 3 is 2.73 bits per heavy atom. The molecule has 0 saturated heterocycles. The number of aromatic amines is 1. The largest absolute Gasteiger partial charge is 0.418 e. The van der Waals surface area contributed by atoms with Gasteiger partial charge in [0, 0.05) is 24.3 Å². The lowest BCUT2D eigenvalue weighted by Gasteiger charge is -2.20. The normalized spacial score (nSPS) is 11.8. The number of hydrogen-bond acceptors (Lipinski definition) is 4. The number of nitrogens with one attached hydrogen (secondary N) is 1. The Balaban J connectivity index is 2.07. The van der Waals surface area contributed by atoms with E-state index in [4.69, 9.17) is 0 Å². The fraction of sp³-hybridized carbons (Fsp3) is 0.214. The third-order valence-corrected chi connectivity index (χ3v) is 3.33. The number of halogens is 3. The molecule has 0 bridgehead atoms. The Morgan fingerprint density at radius 2 is 2.05 bits per heavy atom. The monoisotopic (exact) mass is 307 g/mol. The van der Waals surface area contributed by atoms with E-state index in [1.165, 1.54) is 12.3 Å². The van der Waals surface area contributed by atoms with Crippen LogP contribution in [-0.2, 0) is 12.7 Å². The number of hydrogen-bond donors (Lipinski definition) is 1. The summed E-state index contributed by atoms with van der Waals surface area (Å²) in [4.78, 5) is 5.71. The van der Waals surface area contributed by atoms with E-state index in [1.54, 1.807) is 25.4 Å². The van der Waals surface area contributed by atoms with Crippen molar-refractivity contribution in [1.29, 1.82) is 0 Å². The first-order valence-corrected chi connectivity index (χ1v) is 6.47. The second kappa shape index (κ2) is 5.28. The van der Waals surface area contributed by atoms with E-state index in [0.717, 1.165) is 6.07 Å². The van der Waals surface area contributed by atoms with E-state index in [1.807, 2.05) is 4.90 Å². The molecule has 1 aromatic carbocycles. The number of aromatic nitrogens is 4. The minimum atomic E-state index is -4.43. The highest BCUT2D eigenvalue weighted by Gasteiger charge is 2.33. The highest BCUT2D eigenvalue weighted by atomic mass is 19.4. The molecule has 8 heteroatoms. The molecule has 0 spiro atoms. The number of H-pyrrole nitrogens is 1. The third-order valence-electron chi connectivity index (χ3n) is 3.33. The molecule has 114 valence electrons. The predicted molar refractivity (Wildman–Crippen MR) is 75.2 cm³/mol. The molecule has 0 unspecified atom stereocenters. The Bertz CT molecular complexity index is 783. The van der Waals surface area contributed by atoms with Crippen LogP contribution in [0, 0.1) is 0 Å². The summed E-state index contributed by atoms with van der Waals surface area (Å²) in [5, 5.41) is 10.6. The van der Waals surface area contributed by atoms with Gasteiger partial charge in [-0.15, -0.1) is 0 Å². The summed E-state index contributed by atoms with van der Waals surface area (Å²) in [6.45, 7) is 0.422. The van der Waals surface area contributed by atoms with Crippen LogP contribution in [-0.4, -0.2) is 27.4 Å². The molecule has 1 N–H and O–H groups in total. The molecule has 2 heterocycles. The fourth-order valence-corrected chi connectivity index (χ4v) is 2.35. The molecule has 3 rings (SSSR count). The lowest BCUT2D eigenvalue weighted by molar-refractivity contribution is -0.136. The number of pyridine rings is 1. The van der Waals surface area contributed by atoms with Crippen LogP contribution in [0.1, 0.15) is 11.3 Å². The zero-order valence-corrected chi connectivity index (χ0v) is 11.6. The minimum Gasteiger partial charge on any atom is -0.368 e. The van der Waals surface area contributed by atoms with Crippen LogP contribution in [0.5, 0.6) is 0 Å². The number of rotatable bonds is 3. The second-order valence-corrected chi connectivity index (χ2v) is 4.85. The van der Waals surface area contributed by atoms with Gasteiger partial charge in [-0.2, -0.15) is 28.6 Å². The quantitative estimate of drug-likeness (QED) is 0.808. The molecule has 0 saturated carbocycles. The van der Waals surface area contributed by atoms with Crippen molar-refractivity contribution in [2.45, 2.75) is 12.7 Å². The van der Waals surface area contributed by atoms with Crippen molar-refractivity contribution >= 4 is 16.6 Å². The van der Waals surface area contributed by atoms with Crippen LogP contribution < -0.4 is 4.90 Å². The Morgan fingerprint density at radius 1 is 1.23 bits per heavy atom. The van der Waals surface area contributed by atoms with E-state index >= 15 is 0 Å². The lowest BCUT2D eigenvalue weighted by atomic mass is 10.1. The van der Waals surface area contributed by atoms with Crippen LogP contribution in [0.3, 0.4) is 0 Å². The van der Waals surface area contributed by atoms with Gasteiger partial charge in [0.25, 0.3) is 0 Å². The van der Waals surface area contributed by atoms with Gasteiger partial charge in [0.1, 0.15) is 5.69 Å². The van der Waals surface area contributed by atoms with Crippen LogP contribution in [0.15, 0.2) is 36.7 Å². The fourth-order valence-electron chi connectivity index (χ4n) is 2.35. The smallest absolute Gasteiger partial charge is 0.368 e. The van der Waals surface area contributed by atoms with Gasteiger partial charge in [-0.05, 0) is 12.1 Å². The summed E-state index contributed by atoms with van der Waals surface area (Å²) >= 11 is 0. The molecule has 0 aliphatic carbocycles. The third kappa shape index (κ3) is 2.59. The molecule has 5 nitrogen and oxygen atoms in total. The minimum absolute atomic E-state index is 0.0560. The standard InChI is InChI=1S/C14H12F3N5/c1-22(8-9-7-19-21-20-9)12-5-6-18-13-10(12)3-2-4-11(13)14(15,16)17/h2-7H,8H2,1H3,(H,19,20,21). The van der Waals surface area contributed by atoms with Gasteiger partial charge in [-0.25, -0.2) is 0 Å². The Labute approximate surface area is 123 Å². The maximum atomic E-state index is 13.1. The number of nitrogens with zero attached hydrogens (tertiary/aromatic N) is 4. The van der Waals surface area contributed by atoms with Gasteiger partial charge >= 0.3 is 6.18 Å². The second-order valence-electron chi connectivity index (χ2n) is 4.85. The molecule has 2 aromatic heterocycles. The molecule has 0 aliphatic rings. The van der Waals surface area contributed by atoms with Crippen molar-refractivity contribution in [2.24, 2.45) is 0 Å². The molecular formula is C14H12F3N5. The Kier molecular flexibility index (Phi) is 3.44. The van der Waals surface area contributed by atoms with Crippen LogP contribution in [0.4, 0.5) is 18.9 Å². The van der Waals surface area contributed by atoms with E-state index < -0.39 is 11.7 Å². The van der Waals surface area contributed by atoms with Crippen molar-refractivity contribution in [3.05, 3.63) is 47.9 Å². The number of fused-ring (bicyclic) bond motifs is 1. The van der Waals surface area contributed by atoms with Crippen LogP contribution in [0.25, 0.3) is 10.9 Å². The zero-order chi connectivity index (χ0) is 15.7. The van der Waals surface area contributed by atoms with Gasteiger partial charge in [0.15, 0.2) is 0 Å². The molecule has 3 aromatic rings. The van der Waals surface area contributed by atoms with Crippen molar-refractivity contribution in [3.8, 4) is 0 Å². The van der Waals surface area contributed by atoms with Gasteiger partial charge in [-0.1, -0.05) is 12.1 Å². The summed E-state index contributed by atoms with van der Waals surface area (Å²) in [6.07, 6.45) is -1.48. The Hall–Kier alpha value is -2.64. The van der Waals surface area contributed by atoms with Crippen molar-refractivity contribution in [3.63, 3.8) is 0 Å². The summed E-state index contributed by atoms with van der Waals surface area (Å²) in [5.74, 6) is 0. The van der Waals surface area contributed by atoms with Gasteiger partial charge in [0.2, 0.25) is 0 Å². The maximum Gasteiger partial charge on any atom is 0.418 e. The van der Waals surface area contributed by atoms with E-state index in [0.29, 0.717) is 23.3 Å². The van der Waals surface area contributed by atoms with Crippen LogP contribution in [0.2, 0.25) is 0 Å². The molecule has 22 heavy (non-hydrogen) atoms. The first kappa shape index (κ1) is 14.3. The SMILES string of the molecule is CN(Cc1cn[nH]n1)c1ccnc2c(C(F)(F)F)cccc12. The number of anilines is 1. The summed E-state index contributed by atoms with van der Waals surface area (Å²) in [5.41, 5.74) is 0.555. The maximum absolute atomic E-state index is 13.1. The van der Waals surface area contributed by atoms with Crippen molar-refractivity contribution in [2.75, 3.05) is 11.9 Å². The first-order valence-electron chi connectivity index (χ1n) is 6.47. The number of alkyl halides is 3. The number of para-hydroxylation sites is 1. The highest BCUT2D eigenvalue weighted by Crippen LogP contribution is 2.36. The molecule has 0 amide bonds. The first-order chi connectivity index (χ1) is 10.5. The summed E-state index contributed by atoms with van der Waals surface area (Å²) in [7, 11) is 1.78. The number of benzene rings is 1. The zero-order valence-electron chi connectivity index (χ0n) is 11.6.